The van der Waals surface area contributed by atoms with Crippen LogP contribution in [-0.2, 0) is 0 Å². The maximum Gasteiger partial charge on any atom is 0.0553 e. The van der Waals surface area contributed by atoms with E-state index >= 15 is 0 Å². The van der Waals surface area contributed by atoms with Crippen molar-refractivity contribution in [1.29, 1.82) is 0 Å². The van der Waals surface area contributed by atoms with Crippen LogP contribution in [0, 0.1) is 5.92 Å². The Bertz CT molecular complexity index is 3620. The van der Waals surface area contributed by atoms with Crippen molar-refractivity contribution < 1.29 is 0 Å². The van der Waals surface area contributed by atoms with Crippen LogP contribution in [0.5, 0.6) is 0 Å². The molecule has 67 heavy (non-hydrogen) atoms. The molecule has 0 saturated carbocycles. The van der Waals surface area contributed by atoms with Crippen molar-refractivity contribution in [2.75, 3.05) is 4.90 Å². The van der Waals surface area contributed by atoms with Gasteiger partial charge in [-0.05, 0) is 139 Å². The molecule has 0 spiro atoms. The third-order valence-corrected chi connectivity index (χ3v) is 13.5. The van der Waals surface area contributed by atoms with Gasteiger partial charge in [0.05, 0.1) is 11.0 Å². The van der Waals surface area contributed by atoms with Crippen LogP contribution < -0.4 is 4.90 Å². The SMILES string of the molecule is CC1C=CC=C(c2ccc(-c3ccc(N(c4ccc(-c5ccc(-c6ccccc6)cc5)cc4)c4cccc(-c5c6ccccc6cc6c5c5ccccc5n6-c5ccccc5)c4)cc3)cc2)C1. The van der Waals surface area contributed by atoms with Crippen molar-refractivity contribution in [3.05, 3.63) is 260 Å². The van der Waals surface area contributed by atoms with Gasteiger partial charge in [-0.3, -0.25) is 0 Å². The van der Waals surface area contributed by atoms with Crippen molar-refractivity contribution >= 4 is 55.2 Å². The summed E-state index contributed by atoms with van der Waals surface area (Å²) in [4.78, 5) is 2.40. The van der Waals surface area contributed by atoms with Gasteiger partial charge in [-0.1, -0.05) is 201 Å². The van der Waals surface area contributed by atoms with Crippen molar-refractivity contribution in [3.63, 3.8) is 0 Å². The summed E-state index contributed by atoms with van der Waals surface area (Å²) in [7, 11) is 0. The minimum atomic E-state index is 0.563. The topological polar surface area (TPSA) is 8.17 Å². The number of fused-ring (bicyclic) bond motifs is 4. The number of benzene rings is 10. The quantitative estimate of drug-likeness (QED) is 0.140. The maximum absolute atomic E-state index is 2.42. The molecular weight excluding hydrogens is 809 g/mol. The molecule has 10 aromatic carbocycles. The first-order valence-electron chi connectivity index (χ1n) is 23.4. The number of para-hydroxylation sites is 2. The van der Waals surface area contributed by atoms with Crippen molar-refractivity contribution in [1.82, 2.24) is 4.57 Å². The fraction of sp³-hybridized carbons (Fsp3) is 0.0462. The van der Waals surface area contributed by atoms with E-state index in [4.69, 9.17) is 0 Å². The van der Waals surface area contributed by atoms with Crippen LogP contribution in [0.15, 0.2) is 255 Å². The number of hydrogen-bond acceptors (Lipinski definition) is 1. The summed E-state index contributed by atoms with van der Waals surface area (Å²) in [6, 6.07) is 86.6. The molecule has 0 bridgehead atoms. The van der Waals surface area contributed by atoms with Crippen LogP contribution in [0.4, 0.5) is 17.1 Å². The van der Waals surface area contributed by atoms with Gasteiger partial charge in [0.15, 0.2) is 0 Å². The Morgan fingerprint density at radius 2 is 0.910 bits per heavy atom. The predicted octanol–water partition coefficient (Wildman–Crippen LogP) is 18.1. The normalized spacial score (nSPS) is 13.6. The summed E-state index contributed by atoms with van der Waals surface area (Å²) in [5.74, 6) is 0.563. The molecule has 1 aliphatic rings. The highest BCUT2D eigenvalue weighted by molar-refractivity contribution is 6.23. The fourth-order valence-electron chi connectivity index (χ4n) is 10.2. The van der Waals surface area contributed by atoms with Crippen LogP contribution in [0.25, 0.3) is 88.3 Å². The average molecular weight is 857 g/mol. The van der Waals surface area contributed by atoms with Gasteiger partial charge in [0, 0.05) is 33.5 Å². The van der Waals surface area contributed by atoms with E-state index in [1.165, 1.54) is 88.2 Å². The smallest absolute Gasteiger partial charge is 0.0553 e. The molecule has 1 aromatic heterocycles. The monoisotopic (exact) mass is 856 g/mol. The van der Waals surface area contributed by atoms with E-state index in [1.807, 2.05) is 0 Å². The molecule has 1 heterocycles. The molecule has 1 atom stereocenters. The summed E-state index contributed by atoms with van der Waals surface area (Å²) in [5, 5.41) is 4.94. The molecule has 12 rings (SSSR count). The van der Waals surface area contributed by atoms with Crippen molar-refractivity contribution in [3.8, 4) is 50.2 Å². The van der Waals surface area contributed by atoms with Crippen LogP contribution >= 0.6 is 0 Å². The Kier molecular flexibility index (Phi) is 10.3. The van der Waals surface area contributed by atoms with E-state index in [2.05, 4.69) is 271 Å². The lowest BCUT2D eigenvalue weighted by molar-refractivity contribution is 0.749. The molecule has 11 aromatic rings. The summed E-state index contributed by atoms with van der Waals surface area (Å²) in [6.07, 6.45) is 7.81. The lowest BCUT2D eigenvalue weighted by atomic mass is 9.90. The second-order valence-corrected chi connectivity index (χ2v) is 17.8. The van der Waals surface area contributed by atoms with Gasteiger partial charge in [0.1, 0.15) is 0 Å². The lowest BCUT2D eigenvalue weighted by Crippen LogP contribution is -2.10. The van der Waals surface area contributed by atoms with E-state index in [0.717, 1.165) is 29.2 Å². The van der Waals surface area contributed by atoms with Crippen LogP contribution in [0.1, 0.15) is 18.9 Å². The highest BCUT2D eigenvalue weighted by atomic mass is 15.1. The van der Waals surface area contributed by atoms with Gasteiger partial charge in [-0.15, -0.1) is 0 Å². The van der Waals surface area contributed by atoms with Crippen LogP contribution in [0.2, 0.25) is 0 Å². The summed E-state index contributed by atoms with van der Waals surface area (Å²) in [6.45, 7) is 2.28. The zero-order chi connectivity index (χ0) is 44.7. The predicted molar refractivity (Wildman–Crippen MR) is 286 cm³/mol. The Morgan fingerprint density at radius 1 is 0.403 bits per heavy atom. The number of anilines is 3. The molecule has 0 N–H and O–H groups in total. The number of allylic oxidation sites excluding steroid dienone is 4. The second-order valence-electron chi connectivity index (χ2n) is 17.8. The van der Waals surface area contributed by atoms with Crippen LogP contribution in [0.3, 0.4) is 0 Å². The highest BCUT2D eigenvalue weighted by Gasteiger charge is 2.21. The molecule has 1 unspecified atom stereocenters. The second kappa shape index (κ2) is 17.2. The largest absolute Gasteiger partial charge is 0.310 e. The Balaban J connectivity index is 0.977. The first-order chi connectivity index (χ1) is 33.1. The van der Waals surface area contributed by atoms with E-state index in [9.17, 15) is 0 Å². The van der Waals surface area contributed by atoms with E-state index in [0.29, 0.717) is 5.92 Å². The van der Waals surface area contributed by atoms with Crippen LogP contribution in [-0.4, -0.2) is 4.57 Å². The molecule has 2 nitrogen and oxygen atoms in total. The zero-order valence-electron chi connectivity index (χ0n) is 37.4. The number of aromatic nitrogens is 1. The third-order valence-electron chi connectivity index (χ3n) is 13.5. The Hall–Kier alpha value is -8.46. The van der Waals surface area contributed by atoms with Gasteiger partial charge in [-0.2, -0.15) is 0 Å². The van der Waals surface area contributed by atoms with Gasteiger partial charge in [0.2, 0.25) is 0 Å². The molecule has 0 radical (unpaired) electrons. The third kappa shape index (κ3) is 7.53. The summed E-state index contributed by atoms with van der Waals surface area (Å²) < 4.78 is 2.42. The Labute approximate surface area is 392 Å². The molecule has 0 amide bonds. The molecule has 0 fully saturated rings. The lowest BCUT2D eigenvalue weighted by Gasteiger charge is -2.27. The maximum atomic E-state index is 2.42. The van der Waals surface area contributed by atoms with Gasteiger partial charge in [0.25, 0.3) is 0 Å². The van der Waals surface area contributed by atoms with E-state index in [1.54, 1.807) is 0 Å². The van der Waals surface area contributed by atoms with Crippen molar-refractivity contribution in [2.24, 2.45) is 5.92 Å². The minimum absolute atomic E-state index is 0.563. The minimum Gasteiger partial charge on any atom is -0.310 e. The van der Waals surface area contributed by atoms with E-state index in [-0.39, 0.29) is 0 Å². The first kappa shape index (κ1) is 40.1. The average Bonchev–Trinajstić information content (AvgIpc) is 3.73. The highest BCUT2D eigenvalue weighted by Crippen LogP contribution is 2.45. The number of hydrogen-bond donors (Lipinski definition) is 0. The van der Waals surface area contributed by atoms with Crippen molar-refractivity contribution in [2.45, 2.75) is 13.3 Å². The molecule has 318 valence electrons. The molecule has 1 aliphatic carbocycles. The number of rotatable bonds is 9. The summed E-state index contributed by atoms with van der Waals surface area (Å²) >= 11 is 0. The molecular formula is C65H48N2. The standard InChI is InChI=1S/C65H48N2/c1-45-14-12-18-53(42-45)52-32-30-49(31-33-52)51-36-40-58(41-37-51)66(57-38-34-50(35-39-57)48-28-26-47(27-29-48)46-15-4-2-5-16-46)59-22-13-19-55(43-59)64-60-23-9-8-17-54(60)44-63-65(64)61-24-10-11-25-62(61)67(63)56-20-6-3-7-21-56/h2-41,43-45H,42H2,1H3. The summed E-state index contributed by atoms with van der Waals surface area (Å²) in [5.41, 5.74) is 19.1. The van der Waals surface area contributed by atoms with Gasteiger partial charge in [-0.25, -0.2) is 0 Å². The number of nitrogens with zero attached hydrogens (tertiary/aromatic N) is 2. The molecule has 0 saturated heterocycles. The molecule has 0 aliphatic heterocycles. The van der Waals surface area contributed by atoms with E-state index < -0.39 is 0 Å². The zero-order valence-corrected chi connectivity index (χ0v) is 37.4. The Morgan fingerprint density at radius 3 is 1.54 bits per heavy atom. The van der Waals surface area contributed by atoms with Gasteiger partial charge >= 0.3 is 0 Å². The van der Waals surface area contributed by atoms with Gasteiger partial charge < -0.3 is 9.47 Å². The first-order valence-corrected chi connectivity index (χ1v) is 23.4. The fourth-order valence-corrected chi connectivity index (χ4v) is 10.2. The molecule has 2 heteroatoms.